The molecule has 5 nitrogen and oxygen atoms in total. The summed E-state index contributed by atoms with van der Waals surface area (Å²) >= 11 is 0. The Kier molecular flexibility index (Phi) is 6.00. The second-order valence-corrected chi connectivity index (χ2v) is 2.00. The maximum absolute atomic E-state index is 10.0. The molecule has 70 valence electrons. The Morgan fingerprint density at radius 1 is 1.38 bits per heavy atom. The molecule has 0 radical (unpaired) electrons. The summed E-state index contributed by atoms with van der Waals surface area (Å²) in [6.45, 7) is -0.972. The van der Waals surface area contributed by atoms with Crippen molar-refractivity contribution in [3.8, 4) is 0 Å². The minimum absolute atomic E-state index is 0.729. The summed E-state index contributed by atoms with van der Waals surface area (Å²) in [7, 11) is 0. The molecule has 5 heteroatoms. The Labute approximate surface area is 74.8 Å². The van der Waals surface area contributed by atoms with Crippen LogP contribution < -0.4 is 0 Å². The number of rotatable bonds is 2. The lowest BCUT2D eigenvalue weighted by atomic mass is 10.2. The van der Waals surface area contributed by atoms with Crippen LogP contribution in [0.5, 0.6) is 0 Å². The van der Waals surface area contributed by atoms with Crippen molar-refractivity contribution in [2.45, 2.75) is 0 Å². The van der Waals surface area contributed by atoms with Crippen molar-refractivity contribution < 1.29 is 14.8 Å². The monoisotopic (exact) mass is 183 g/mol. The van der Waals surface area contributed by atoms with Gasteiger partial charge in [-0.3, -0.25) is 14.9 Å². The lowest BCUT2D eigenvalue weighted by Gasteiger charge is -1.81. The van der Waals surface area contributed by atoms with E-state index >= 15 is 0 Å². The summed E-state index contributed by atoms with van der Waals surface area (Å²) in [5.41, 5.74) is 0.729. The fraction of sp³-hybridized carbons (Fsp3) is 0.125. The number of carbonyl (C=O) groups excluding carboxylic acids is 1. The van der Waals surface area contributed by atoms with Gasteiger partial charge in [-0.25, -0.2) is 0 Å². The van der Waals surface area contributed by atoms with Crippen LogP contribution in [0.1, 0.15) is 10.4 Å². The molecule has 0 saturated heterocycles. The number of nitro groups is 1. The van der Waals surface area contributed by atoms with Crippen LogP contribution in [0.3, 0.4) is 0 Å². The average molecular weight is 183 g/mol. The van der Waals surface area contributed by atoms with E-state index in [0.717, 1.165) is 11.8 Å². The first kappa shape index (κ1) is 11.2. The van der Waals surface area contributed by atoms with Gasteiger partial charge in [0.15, 0.2) is 0 Å². The van der Waals surface area contributed by atoms with Crippen molar-refractivity contribution in [3.05, 3.63) is 46.0 Å². The van der Waals surface area contributed by atoms with E-state index in [2.05, 4.69) is 0 Å². The number of aliphatic hydroxyl groups excluding tert-OH is 1. The van der Waals surface area contributed by atoms with Gasteiger partial charge < -0.3 is 5.11 Å². The zero-order chi connectivity index (χ0) is 10.1. The van der Waals surface area contributed by atoms with Crippen molar-refractivity contribution in [1.82, 2.24) is 0 Å². The van der Waals surface area contributed by atoms with Crippen LogP contribution in [0.2, 0.25) is 0 Å². The molecule has 0 fully saturated rings. The van der Waals surface area contributed by atoms with Crippen molar-refractivity contribution in [1.29, 1.82) is 0 Å². The first-order valence-electron chi connectivity index (χ1n) is 3.43. The van der Waals surface area contributed by atoms with Crippen molar-refractivity contribution in [3.63, 3.8) is 0 Å². The highest BCUT2D eigenvalue weighted by atomic mass is 16.6. The first-order valence-corrected chi connectivity index (χ1v) is 3.43. The molecular formula is C8H9NO4. The SMILES string of the molecule is O=Cc1ccccc1.O=[N+]([O-])CO. The molecule has 0 heterocycles. The molecule has 1 aromatic carbocycles. The Morgan fingerprint density at radius 3 is 2.08 bits per heavy atom. The van der Waals surface area contributed by atoms with Crippen LogP contribution >= 0.6 is 0 Å². The van der Waals surface area contributed by atoms with Crippen molar-refractivity contribution in [2.24, 2.45) is 0 Å². The van der Waals surface area contributed by atoms with Gasteiger partial charge in [0, 0.05) is 10.5 Å². The highest BCUT2D eigenvalue weighted by Gasteiger charge is 1.80. The first-order chi connectivity index (χ1) is 6.20. The molecule has 0 bridgehead atoms. The largest absolute Gasteiger partial charge is 0.335 e. The predicted molar refractivity (Wildman–Crippen MR) is 45.9 cm³/mol. The van der Waals surface area contributed by atoms with E-state index in [-0.39, 0.29) is 0 Å². The Balaban J connectivity index is 0.000000252. The molecule has 0 aliphatic rings. The van der Waals surface area contributed by atoms with Gasteiger partial charge in [-0.15, -0.1) is 0 Å². The zero-order valence-electron chi connectivity index (χ0n) is 6.79. The fourth-order valence-corrected chi connectivity index (χ4v) is 0.532. The van der Waals surface area contributed by atoms with Crippen LogP contribution in [-0.4, -0.2) is 23.0 Å². The fourth-order valence-electron chi connectivity index (χ4n) is 0.532. The summed E-state index contributed by atoms with van der Waals surface area (Å²) in [4.78, 5) is 18.1. The second-order valence-electron chi connectivity index (χ2n) is 2.00. The topological polar surface area (TPSA) is 80.4 Å². The van der Waals surface area contributed by atoms with Gasteiger partial charge in [-0.1, -0.05) is 30.3 Å². The van der Waals surface area contributed by atoms with E-state index in [1.807, 2.05) is 18.2 Å². The number of hydrogen-bond donors (Lipinski definition) is 1. The van der Waals surface area contributed by atoms with Crippen molar-refractivity contribution >= 4 is 6.29 Å². The van der Waals surface area contributed by atoms with E-state index < -0.39 is 11.7 Å². The van der Waals surface area contributed by atoms with E-state index in [9.17, 15) is 4.79 Å². The van der Waals surface area contributed by atoms with Crippen LogP contribution in [-0.2, 0) is 0 Å². The summed E-state index contributed by atoms with van der Waals surface area (Å²) in [5.74, 6) is 0. The van der Waals surface area contributed by atoms with E-state index in [4.69, 9.17) is 15.2 Å². The van der Waals surface area contributed by atoms with Gasteiger partial charge in [0.25, 0.3) is 0 Å². The summed E-state index contributed by atoms with van der Waals surface area (Å²) in [6, 6.07) is 9.10. The lowest BCUT2D eigenvalue weighted by molar-refractivity contribution is -0.520. The van der Waals surface area contributed by atoms with Gasteiger partial charge in [-0.2, -0.15) is 0 Å². The zero-order valence-corrected chi connectivity index (χ0v) is 6.79. The standard InChI is InChI=1S/C7H6O.CH3NO3/c8-6-7-4-2-1-3-5-7;3-1-2(4)5/h1-6H;3H,1H2. The molecule has 0 aliphatic carbocycles. The molecule has 13 heavy (non-hydrogen) atoms. The number of benzene rings is 1. The molecule has 0 spiro atoms. The van der Waals surface area contributed by atoms with Gasteiger partial charge >= 0.3 is 6.73 Å². The van der Waals surface area contributed by atoms with Gasteiger partial charge in [0.2, 0.25) is 0 Å². The molecule has 0 aliphatic heterocycles. The average Bonchev–Trinajstić information content (AvgIpc) is 2.20. The molecule has 0 unspecified atom stereocenters. The van der Waals surface area contributed by atoms with Gasteiger partial charge in [0.05, 0.1) is 0 Å². The molecule has 0 amide bonds. The Hall–Kier alpha value is -1.75. The van der Waals surface area contributed by atoms with Crippen LogP contribution in [0, 0.1) is 10.1 Å². The smallest absolute Gasteiger partial charge is 0.303 e. The van der Waals surface area contributed by atoms with Gasteiger partial charge in [-0.05, 0) is 0 Å². The quantitative estimate of drug-likeness (QED) is 0.317. The summed E-state index contributed by atoms with van der Waals surface area (Å²) < 4.78 is 0. The van der Waals surface area contributed by atoms with Gasteiger partial charge in [0.1, 0.15) is 6.29 Å². The van der Waals surface area contributed by atoms with Crippen LogP contribution in [0.4, 0.5) is 0 Å². The highest BCUT2D eigenvalue weighted by Crippen LogP contribution is 1.91. The number of carbonyl (C=O) groups is 1. The Morgan fingerprint density at radius 2 is 1.85 bits per heavy atom. The number of hydrogen-bond acceptors (Lipinski definition) is 4. The number of aliphatic hydroxyl groups is 1. The third-order valence-corrected chi connectivity index (χ3v) is 1.05. The van der Waals surface area contributed by atoms with Crippen LogP contribution in [0.25, 0.3) is 0 Å². The number of aldehydes is 1. The van der Waals surface area contributed by atoms with E-state index in [1.165, 1.54) is 0 Å². The summed E-state index contributed by atoms with van der Waals surface area (Å²) in [6.07, 6.45) is 0.833. The van der Waals surface area contributed by atoms with E-state index in [1.54, 1.807) is 12.1 Å². The molecule has 0 aromatic heterocycles. The molecular weight excluding hydrogens is 174 g/mol. The minimum atomic E-state index is -0.972. The maximum Gasteiger partial charge on any atom is 0.303 e. The van der Waals surface area contributed by atoms with E-state index in [0.29, 0.717) is 0 Å². The number of nitrogens with zero attached hydrogens (tertiary/aromatic N) is 1. The normalized spacial score (nSPS) is 8.08. The third kappa shape index (κ3) is 6.64. The molecule has 1 rings (SSSR count). The highest BCUT2D eigenvalue weighted by molar-refractivity contribution is 5.74. The predicted octanol–water partition coefficient (Wildman–Crippen LogP) is 0.712. The maximum atomic E-state index is 10.0. The Bertz CT molecular complexity index is 260. The molecule has 1 aromatic rings. The summed E-state index contributed by atoms with van der Waals surface area (Å²) in [5, 5.41) is 16.4. The third-order valence-electron chi connectivity index (χ3n) is 1.05. The molecule has 0 atom stereocenters. The van der Waals surface area contributed by atoms with Crippen LogP contribution in [0.15, 0.2) is 30.3 Å². The molecule has 1 N–H and O–H groups in total. The lowest BCUT2D eigenvalue weighted by Crippen LogP contribution is -1.96. The minimum Gasteiger partial charge on any atom is -0.335 e. The van der Waals surface area contributed by atoms with Crippen molar-refractivity contribution in [2.75, 3.05) is 6.73 Å². The molecule has 0 saturated carbocycles. The second kappa shape index (κ2) is 6.93.